The molecule has 3 N–H and O–H groups in total. The molecule has 0 spiro atoms. The molecule has 0 aromatic heterocycles. The summed E-state index contributed by atoms with van der Waals surface area (Å²) < 4.78 is 6.16. The first-order chi connectivity index (χ1) is 18.3. The zero-order valence-electron chi connectivity index (χ0n) is 21.7. The summed E-state index contributed by atoms with van der Waals surface area (Å²) in [4.78, 5) is 31.9. The van der Waals surface area contributed by atoms with E-state index in [0.717, 1.165) is 46.3 Å². The Morgan fingerprint density at radius 1 is 1.21 bits per heavy atom. The number of rotatable bonds is 10. The van der Waals surface area contributed by atoms with Gasteiger partial charge in [-0.3, -0.25) is 4.79 Å². The molecule has 0 radical (unpaired) electrons. The molecule has 3 fully saturated rings. The van der Waals surface area contributed by atoms with Crippen LogP contribution in [0.15, 0.2) is 51.9 Å². The first kappa shape index (κ1) is 27.0. The second-order valence-corrected chi connectivity index (χ2v) is 11.9. The van der Waals surface area contributed by atoms with E-state index in [-0.39, 0.29) is 23.3 Å². The number of aliphatic imine (C=N–C) groups is 1. The van der Waals surface area contributed by atoms with Gasteiger partial charge in [-0.2, -0.15) is 0 Å². The molecule has 1 heterocycles. The molecule has 2 aromatic rings. The number of nitrogens with one attached hydrogen (secondary N) is 3. The number of benzene rings is 2. The molecule has 5 rings (SSSR count). The molecule has 2 saturated carbocycles. The number of hydrogen-bond donors (Lipinski definition) is 3. The van der Waals surface area contributed by atoms with Crippen LogP contribution in [0.5, 0.6) is 0 Å². The molecule has 3 amide bonds. The van der Waals surface area contributed by atoms with Crippen LogP contribution in [0, 0.1) is 5.92 Å². The van der Waals surface area contributed by atoms with E-state index in [4.69, 9.17) is 21.3 Å². The highest BCUT2D eigenvalue weighted by Crippen LogP contribution is 2.50. The minimum absolute atomic E-state index is 0.0148. The van der Waals surface area contributed by atoms with Crippen molar-refractivity contribution in [2.75, 3.05) is 31.7 Å². The molecule has 202 valence electrons. The van der Waals surface area contributed by atoms with Gasteiger partial charge in [-0.15, -0.1) is 0 Å². The SMILES string of the molecule is COCCNC(=NCc1cccc(N2C(=O)NC(C)(C3CC3)C2=O)c1)NCC1(c2ccc(Br)cc2Cl)CC1. The first-order valence-electron chi connectivity index (χ1n) is 13.0. The normalized spacial score (nSPS) is 22.4. The maximum atomic E-state index is 13.2. The standard InChI is InChI=1S/C28H33BrClN5O3/c1-27(19-6-7-19)24(36)35(26(37)34-27)21-5-3-4-18(14-21)16-32-25(31-12-13-38-2)33-17-28(10-11-28)22-9-8-20(29)15-23(22)30/h3-5,8-9,14-15,19H,6-7,10-13,16-17H2,1-2H3,(H,34,37)(H2,31,32,33). The number of halogens is 2. The van der Waals surface area contributed by atoms with Crippen molar-refractivity contribution in [1.29, 1.82) is 0 Å². The summed E-state index contributed by atoms with van der Waals surface area (Å²) in [7, 11) is 1.66. The average molecular weight is 603 g/mol. The Hall–Kier alpha value is -2.62. The summed E-state index contributed by atoms with van der Waals surface area (Å²) in [5.74, 6) is 0.699. The minimum Gasteiger partial charge on any atom is -0.383 e. The van der Waals surface area contributed by atoms with Crippen LogP contribution in [0.3, 0.4) is 0 Å². The summed E-state index contributed by atoms with van der Waals surface area (Å²) in [6, 6.07) is 13.1. The number of carbonyl (C=O) groups is 2. The first-order valence-corrected chi connectivity index (χ1v) is 14.2. The summed E-state index contributed by atoms with van der Waals surface area (Å²) in [6.45, 7) is 4.07. The van der Waals surface area contributed by atoms with E-state index in [0.29, 0.717) is 37.9 Å². The zero-order chi connectivity index (χ0) is 26.9. The molecule has 1 atom stereocenters. The van der Waals surface area contributed by atoms with E-state index < -0.39 is 5.54 Å². The van der Waals surface area contributed by atoms with Gasteiger partial charge in [0.25, 0.3) is 5.91 Å². The molecule has 1 saturated heterocycles. The van der Waals surface area contributed by atoms with Crippen LogP contribution in [0.4, 0.5) is 10.5 Å². The lowest BCUT2D eigenvalue weighted by molar-refractivity contribution is -0.122. The third-order valence-electron chi connectivity index (χ3n) is 7.75. The molecular formula is C28H33BrClN5O3. The third kappa shape index (κ3) is 5.55. The van der Waals surface area contributed by atoms with Gasteiger partial charge in [0.2, 0.25) is 0 Å². The lowest BCUT2D eigenvalue weighted by atomic mass is 9.96. The summed E-state index contributed by atoms with van der Waals surface area (Å²) in [5.41, 5.74) is 1.77. The van der Waals surface area contributed by atoms with E-state index in [1.165, 1.54) is 4.90 Å². The molecule has 38 heavy (non-hydrogen) atoms. The van der Waals surface area contributed by atoms with E-state index >= 15 is 0 Å². The molecule has 2 aromatic carbocycles. The van der Waals surface area contributed by atoms with Gasteiger partial charge < -0.3 is 20.7 Å². The maximum Gasteiger partial charge on any atom is 0.329 e. The van der Waals surface area contributed by atoms with Gasteiger partial charge in [0.15, 0.2) is 5.96 Å². The van der Waals surface area contributed by atoms with Gasteiger partial charge in [0.1, 0.15) is 5.54 Å². The number of ether oxygens (including phenoxy) is 1. The van der Waals surface area contributed by atoms with Crippen molar-refractivity contribution in [1.82, 2.24) is 16.0 Å². The Morgan fingerprint density at radius 3 is 2.68 bits per heavy atom. The van der Waals surface area contributed by atoms with Crippen molar-refractivity contribution in [3.05, 3.63) is 63.1 Å². The molecule has 1 unspecified atom stereocenters. The quantitative estimate of drug-likeness (QED) is 0.158. The average Bonchev–Trinajstić information content (AvgIpc) is 3.81. The summed E-state index contributed by atoms with van der Waals surface area (Å²) in [6.07, 6.45) is 4.04. The number of hydrogen-bond acceptors (Lipinski definition) is 4. The van der Waals surface area contributed by atoms with Gasteiger partial charge in [-0.05, 0) is 73.9 Å². The molecule has 2 aliphatic carbocycles. The second-order valence-electron chi connectivity index (χ2n) is 10.6. The smallest absolute Gasteiger partial charge is 0.329 e. The van der Waals surface area contributed by atoms with Crippen LogP contribution in [-0.2, 0) is 21.5 Å². The fraction of sp³-hybridized carbons (Fsp3) is 0.464. The highest BCUT2D eigenvalue weighted by molar-refractivity contribution is 9.10. The van der Waals surface area contributed by atoms with E-state index in [1.54, 1.807) is 13.2 Å². The van der Waals surface area contributed by atoms with Gasteiger partial charge >= 0.3 is 6.03 Å². The van der Waals surface area contributed by atoms with Crippen LogP contribution >= 0.6 is 27.5 Å². The van der Waals surface area contributed by atoms with Crippen molar-refractivity contribution in [2.24, 2.45) is 10.9 Å². The molecule has 8 nitrogen and oxygen atoms in total. The van der Waals surface area contributed by atoms with Crippen LogP contribution in [0.1, 0.15) is 43.7 Å². The number of imide groups is 1. The molecule has 3 aliphatic rings. The van der Waals surface area contributed by atoms with Crippen molar-refractivity contribution in [3.8, 4) is 0 Å². The number of methoxy groups -OCH3 is 1. The Morgan fingerprint density at radius 2 is 2.00 bits per heavy atom. The predicted molar refractivity (Wildman–Crippen MR) is 153 cm³/mol. The summed E-state index contributed by atoms with van der Waals surface area (Å²) >= 11 is 10.1. The number of urea groups is 1. The van der Waals surface area contributed by atoms with Crippen molar-refractivity contribution < 1.29 is 14.3 Å². The minimum atomic E-state index is -0.815. The van der Waals surface area contributed by atoms with Gasteiger partial charge in [-0.1, -0.05) is 45.7 Å². The number of carbonyl (C=O) groups excluding carboxylic acids is 2. The van der Waals surface area contributed by atoms with Crippen LogP contribution in [0.2, 0.25) is 5.02 Å². The van der Waals surface area contributed by atoms with E-state index in [1.807, 2.05) is 37.3 Å². The van der Waals surface area contributed by atoms with Gasteiger partial charge in [0.05, 0.1) is 18.8 Å². The Labute approximate surface area is 236 Å². The molecule has 0 bridgehead atoms. The maximum absolute atomic E-state index is 13.2. The highest BCUT2D eigenvalue weighted by Gasteiger charge is 2.56. The Bertz CT molecular complexity index is 1260. The predicted octanol–water partition coefficient (Wildman–Crippen LogP) is 4.74. The molecular weight excluding hydrogens is 570 g/mol. The molecule has 1 aliphatic heterocycles. The fourth-order valence-electron chi connectivity index (χ4n) is 5.10. The van der Waals surface area contributed by atoms with Crippen LogP contribution in [-0.4, -0.2) is 50.2 Å². The second kappa shape index (κ2) is 10.9. The van der Waals surface area contributed by atoms with Gasteiger partial charge in [0, 0.05) is 35.1 Å². The lowest BCUT2D eigenvalue weighted by Crippen LogP contribution is -2.46. The van der Waals surface area contributed by atoms with Crippen molar-refractivity contribution in [2.45, 2.75) is 50.1 Å². The number of anilines is 1. The lowest BCUT2D eigenvalue weighted by Gasteiger charge is -2.21. The topological polar surface area (TPSA) is 95.1 Å². The van der Waals surface area contributed by atoms with Crippen molar-refractivity contribution in [3.63, 3.8) is 0 Å². The fourth-order valence-corrected chi connectivity index (χ4v) is 5.98. The highest BCUT2D eigenvalue weighted by atomic mass is 79.9. The number of amides is 3. The summed E-state index contributed by atoms with van der Waals surface area (Å²) in [5, 5.41) is 10.5. The molecule has 10 heteroatoms. The van der Waals surface area contributed by atoms with Crippen molar-refractivity contribution >= 4 is 51.1 Å². The largest absolute Gasteiger partial charge is 0.383 e. The van der Waals surface area contributed by atoms with E-state index in [2.05, 4.69) is 37.9 Å². The van der Waals surface area contributed by atoms with Gasteiger partial charge in [-0.25, -0.2) is 14.7 Å². The Balaban J connectivity index is 1.29. The van der Waals surface area contributed by atoms with Crippen LogP contribution < -0.4 is 20.9 Å². The van der Waals surface area contributed by atoms with Crippen LogP contribution in [0.25, 0.3) is 0 Å². The third-order valence-corrected chi connectivity index (χ3v) is 8.55. The van der Waals surface area contributed by atoms with E-state index in [9.17, 15) is 9.59 Å². The Kier molecular flexibility index (Phi) is 7.71. The monoisotopic (exact) mass is 601 g/mol. The zero-order valence-corrected chi connectivity index (χ0v) is 24.0. The number of guanidine groups is 1. The number of nitrogens with zero attached hydrogens (tertiary/aromatic N) is 2.